The molecule has 0 unspecified atom stereocenters. The minimum absolute atomic E-state index is 0.222. The zero-order valence-corrected chi connectivity index (χ0v) is 16.2. The van der Waals surface area contributed by atoms with Gasteiger partial charge in [-0.15, -0.1) is 0 Å². The highest BCUT2D eigenvalue weighted by Gasteiger charge is 2.10. The molecule has 2 N–H and O–H groups in total. The number of carbonyl (C=O) groups excluding carboxylic acids is 1. The van der Waals surface area contributed by atoms with E-state index in [4.69, 9.17) is 12.2 Å². The van der Waals surface area contributed by atoms with Gasteiger partial charge < -0.3 is 5.32 Å². The van der Waals surface area contributed by atoms with Crippen molar-refractivity contribution in [1.82, 2.24) is 5.32 Å². The third-order valence-electron chi connectivity index (χ3n) is 4.33. The fourth-order valence-corrected chi connectivity index (χ4v) is 3.01. The van der Waals surface area contributed by atoms with Crippen molar-refractivity contribution < 1.29 is 4.79 Å². The summed E-state index contributed by atoms with van der Waals surface area (Å²) in [6, 6.07) is 25.5. The topological polar surface area (TPSA) is 41.1 Å². The second-order valence-corrected chi connectivity index (χ2v) is 7.00. The summed E-state index contributed by atoms with van der Waals surface area (Å²) < 4.78 is 0. The second kappa shape index (κ2) is 8.60. The van der Waals surface area contributed by atoms with Crippen molar-refractivity contribution in [2.24, 2.45) is 0 Å². The summed E-state index contributed by atoms with van der Waals surface area (Å²) in [5.41, 5.74) is 4.74. The lowest BCUT2D eigenvalue weighted by molar-refractivity contribution is 0.0977. The number of nitrogens with one attached hydrogen (secondary N) is 2. The van der Waals surface area contributed by atoms with Crippen LogP contribution in [0.1, 0.15) is 35.7 Å². The number of carbonyl (C=O) groups is 1. The molecule has 0 aliphatic carbocycles. The minimum atomic E-state index is -0.222. The Morgan fingerprint density at radius 1 is 0.852 bits per heavy atom. The van der Waals surface area contributed by atoms with Crippen molar-refractivity contribution in [1.29, 1.82) is 0 Å². The molecule has 0 bridgehead atoms. The first kappa shape index (κ1) is 18.8. The third kappa shape index (κ3) is 4.80. The van der Waals surface area contributed by atoms with Gasteiger partial charge in [-0.05, 0) is 47.5 Å². The van der Waals surface area contributed by atoms with Crippen LogP contribution in [0.5, 0.6) is 0 Å². The fourth-order valence-electron chi connectivity index (χ4n) is 2.81. The van der Waals surface area contributed by atoms with E-state index in [1.807, 2.05) is 78.9 Å². The number of thiocarbonyl (C=S) groups is 1. The van der Waals surface area contributed by atoms with E-state index in [9.17, 15) is 4.79 Å². The number of anilines is 1. The Labute approximate surface area is 165 Å². The van der Waals surface area contributed by atoms with E-state index in [1.54, 1.807) is 0 Å². The first-order valence-corrected chi connectivity index (χ1v) is 9.32. The van der Waals surface area contributed by atoms with E-state index in [1.165, 1.54) is 5.56 Å². The van der Waals surface area contributed by atoms with Crippen molar-refractivity contribution >= 4 is 28.9 Å². The number of hydrogen-bond acceptors (Lipinski definition) is 2. The fraction of sp³-hybridized carbons (Fsp3) is 0.130. The molecular weight excluding hydrogens is 352 g/mol. The number of para-hydroxylation sites is 1. The molecule has 0 fully saturated rings. The summed E-state index contributed by atoms with van der Waals surface area (Å²) in [6.45, 7) is 4.25. The molecule has 0 heterocycles. The molecule has 3 rings (SSSR count). The molecule has 0 saturated carbocycles. The maximum atomic E-state index is 12.4. The first-order chi connectivity index (χ1) is 13.0. The van der Waals surface area contributed by atoms with Crippen molar-refractivity contribution in [3.05, 3.63) is 90.0 Å². The molecule has 1 amide bonds. The van der Waals surface area contributed by atoms with Crippen LogP contribution >= 0.6 is 12.2 Å². The van der Waals surface area contributed by atoms with Crippen LogP contribution in [-0.2, 0) is 0 Å². The molecule has 27 heavy (non-hydrogen) atoms. The summed E-state index contributed by atoms with van der Waals surface area (Å²) in [4.78, 5) is 12.4. The molecular formula is C23H22N2OS. The van der Waals surface area contributed by atoms with Crippen LogP contribution in [0, 0.1) is 0 Å². The Morgan fingerprint density at radius 3 is 2.15 bits per heavy atom. The normalized spacial score (nSPS) is 10.5. The van der Waals surface area contributed by atoms with E-state index in [0.29, 0.717) is 11.5 Å². The zero-order chi connectivity index (χ0) is 19.2. The van der Waals surface area contributed by atoms with Crippen molar-refractivity contribution in [3.8, 4) is 11.1 Å². The van der Waals surface area contributed by atoms with Crippen LogP contribution < -0.4 is 10.6 Å². The smallest absolute Gasteiger partial charge is 0.257 e. The molecule has 0 spiro atoms. The Bertz CT molecular complexity index is 934. The number of benzene rings is 3. The van der Waals surface area contributed by atoms with Crippen molar-refractivity contribution in [3.63, 3.8) is 0 Å². The summed E-state index contributed by atoms with van der Waals surface area (Å²) in [5.74, 6) is 0.208. The van der Waals surface area contributed by atoms with Gasteiger partial charge in [0.25, 0.3) is 5.91 Å². The van der Waals surface area contributed by atoms with Gasteiger partial charge in [0, 0.05) is 16.8 Å². The lowest BCUT2D eigenvalue weighted by Crippen LogP contribution is -2.34. The molecule has 136 valence electrons. The van der Waals surface area contributed by atoms with Gasteiger partial charge in [0.1, 0.15) is 0 Å². The molecule has 4 heteroatoms. The van der Waals surface area contributed by atoms with Crippen LogP contribution in [0.4, 0.5) is 5.69 Å². The number of rotatable bonds is 4. The van der Waals surface area contributed by atoms with Gasteiger partial charge in [-0.25, -0.2) is 0 Å². The predicted molar refractivity (Wildman–Crippen MR) is 116 cm³/mol. The average Bonchev–Trinajstić information content (AvgIpc) is 2.69. The Morgan fingerprint density at radius 2 is 1.48 bits per heavy atom. The van der Waals surface area contributed by atoms with Gasteiger partial charge in [-0.2, -0.15) is 0 Å². The highest BCUT2D eigenvalue weighted by molar-refractivity contribution is 7.80. The van der Waals surface area contributed by atoms with Gasteiger partial charge in [0.05, 0.1) is 0 Å². The highest BCUT2D eigenvalue weighted by atomic mass is 32.1. The van der Waals surface area contributed by atoms with Crippen molar-refractivity contribution in [2.75, 3.05) is 5.32 Å². The monoisotopic (exact) mass is 374 g/mol. The Kier molecular flexibility index (Phi) is 5.99. The molecule has 0 aliphatic rings. The summed E-state index contributed by atoms with van der Waals surface area (Å²) >= 11 is 5.35. The molecule has 3 nitrogen and oxygen atoms in total. The SMILES string of the molecule is CC(C)c1ccc(C(=O)NC(=S)Nc2ccccc2-c2ccccc2)cc1. The number of hydrogen-bond donors (Lipinski definition) is 2. The van der Waals surface area contributed by atoms with Gasteiger partial charge in [-0.3, -0.25) is 10.1 Å². The second-order valence-electron chi connectivity index (χ2n) is 6.60. The van der Waals surface area contributed by atoms with Crippen LogP contribution in [0.15, 0.2) is 78.9 Å². The van der Waals surface area contributed by atoms with E-state index >= 15 is 0 Å². The molecule has 3 aromatic carbocycles. The van der Waals surface area contributed by atoms with Crippen LogP contribution in [0.3, 0.4) is 0 Å². The summed E-state index contributed by atoms with van der Waals surface area (Å²) in [6.07, 6.45) is 0. The maximum absolute atomic E-state index is 12.4. The van der Waals surface area contributed by atoms with Gasteiger partial charge in [0.15, 0.2) is 5.11 Å². The zero-order valence-electron chi connectivity index (χ0n) is 15.4. The van der Waals surface area contributed by atoms with Crippen LogP contribution in [0.2, 0.25) is 0 Å². The van der Waals surface area contributed by atoms with Crippen LogP contribution in [-0.4, -0.2) is 11.0 Å². The predicted octanol–water partition coefficient (Wildman–Crippen LogP) is 5.60. The lowest BCUT2D eigenvalue weighted by Gasteiger charge is -2.14. The molecule has 0 atom stereocenters. The maximum Gasteiger partial charge on any atom is 0.257 e. The molecule has 3 aromatic rings. The van der Waals surface area contributed by atoms with Gasteiger partial charge >= 0.3 is 0 Å². The summed E-state index contributed by atoms with van der Waals surface area (Å²) in [5, 5.41) is 6.17. The molecule has 0 saturated heterocycles. The lowest BCUT2D eigenvalue weighted by atomic mass is 10.0. The van der Waals surface area contributed by atoms with Crippen molar-refractivity contribution in [2.45, 2.75) is 19.8 Å². The Balaban J connectivity index is 1.70. The van der Waals surface area contributed by atoms with Gasteiger partial charge in [-0.1, -0.05) is 74.5 Å². The van der Waals surface area contributed by atoms with E-state index in [2.05, 4.69) is 24.5 Å². The Hall–Kier alpha value is -2.98. The molecule has 0 aliphatic heterocycles. The largest absolute Gasteiger partial charge is 0.332 e. The standard InChI is InChI=1S/C23H22N2OS/c1-16(2)17-12-14-19(15-13-17)22(26)25-23(27)24-21-11-7-6-10-20(21)18-8-4-3-5-9-18/h3-16H,1-2H3,(H2,24,25,26,27). The average molecular weight is 375 g/mol. The minimum Gasteiger partial charge on any atom is -0.332 e. The van der Waals surface area contributed by atoms with E-state index < -0.39 is 0 Å². The summed E-state index contributed by atoms with van der Waals surface area (Å²) in [7, 11) is 0. The quantitative estimate of drug-likeness (QED) is 0.584. The molecule has 0 radical (unpaired) electrons. The number of amides is 1. The van der Waals surface area contributed by atoms with E-state index in [0.717, 1.165) is 16.8 Å². The third-order valence-corrected chi connectivity index (χ3v) is 4.53. The first-order valence-electron chi connectivity index (χ1n) is 8.91. The molecule has 0 aromatic heterocycles. The highest BCUT2D eigenvalue weighted by Crippen LogP contribution is 2.27. The van der Waals surface area contributed by atoms with Gasteiger partial charge in [0.2, 0.25) is 0 Å². The van der Waals surface area contributed by atoms with E-state index in [-0.39, 0.29) is 11.0 Å². The van der Waals surface area contributed by atoms with Crippen LogP contribution in [0.25, 0.3) is 11.1 Å².